The highest BCUT2D eigenvalue weighted by Gasteiger charge is 2.66. The van der Waals surface area contributed by atoms with Gasteiger partial charge >= 0.3 is 0 Å². The number of aliphatic hydroxyl groups is 1. The predicted octanol–water partition coefficient (Wildman–Crippen LogP) is 6.63. The Labute approximate surface area is 340 Å². The SMILES string of the molecule is COc1ccc([Si](C)(C)[C@@H]2[C@@H](CC(=O)N3Cc4ccccc4C[C@H]3CO)O[C@]3(C(=O)N(Cc4cccc(NC(=O)c5ccc(N)cc5)c4)c4ccccc43)[C@H]2C)cc1. The molecule has 8 rings (SSSR count). The molecule has 3 aliphatic rings. The second-order valence-electron chi connectivity index (χ2n) is 16.4. The average Bonchev–Trinajstić information content (AvgIpc) is 3.66. The molecular formula is C47H50N4O6Si. The molecule has 1 spiro atoms. The second kappa shape index (κ2) is 15.5. The molecule has 298 valence electrons. The van der Waals surface area contributed by atoms with Gasteiger partial charge in [0.2, 0.25) is 5.91 Å². The fraction of sp³-hybridized carbons (Fsp3) is 0.298. The van der Waals surface area contributed by atoms with E-state index >= 15 is 4.79 Å². The third-order valence-electron chi connectivity index (χ3n) is 12.7. The first-order valence-corrected chi connectivity index (χ1v) is 23.0. The van der Waals surface area contributed by atoms with Crippen molar-refractivity contribution in [3.8, 4) is 5.75 Å². The predicted molar refractivity (Wildman–Crippen MR) is 229 cm³/mol. The van der Waals surface area contributed by atoms with Gasteiger partial charge in [0.15, 0.2) is 5.60 Å². The highest BCUT2D eigenvalue weighted by Crippen LogP contribution is 2.60. The summed E-state index contributed by atoms with van der Waals surface area (Å²) >= 11 is 0. The molecule has 1 fully saturated rings. The van der Waals surface area contributed by atoms with Crippen LogP contribution in [0.2, 0.25) is 18.6 Å². The minimum Gasteiger partial charge on any atom is -0.497 e. The molecule has 0 aliphatic carbocycles. The zero-order valence-corrected chi connectivity index (χ0v) is 34.4. The van der Waals surface area contributed by atoms with Crippen LogP contribution >= 0.6 is 0 Å². The summed E-state index contributed by atoms with van der Waals surface area (Å²) in [5, 5.41) is 14.6. The maximum Gasteiger partial charge on any atom is 0.264 e. The van der Waals surface area contributed by atoms with Gasteiger partial charge in [-0.15, -0.1) is 0 Å². The molecule has 10 nitrogen and oxygen atoms in total. The number of para-hydroxylation sites is 1. The number of nitrogens with one attached hydrogen (secondary N) is 1. The molecule has 0 aromatic heterocycles. The van der Waals surface area contributed by atoms with Gasteiger partial charge in [-0.05, 0) is 83.2 Å². The van der Waals surface area contributed by atoms with Crippen LogP contribution in [-0.2, 0) is 39.4 Å². The van der Waals surface area contributed by atoms with Crippen LogP contribution in [0.1, 0.15) is 46.0 Å². The monoisotopic (exact) mass is 794 g/mol. The number of anilines is 3. The van der Waals surface area contributed by atoms with E-state index in [1.165, 1.54) is 5.19 Å². The number of hydrogen-bond acceptors (Lipinski definition) is 7. The minimum absolute atomic E-state index is 0.0766. The highest BCUT2D eigenvalue weighted by molar-refractivity contribution is 6.91. The lowest BCUT2D eigenvalue weighted by molar-refractivity contribution is -0.151. The van der Waals surface area contributed by atoms with Gasteiger partial charge in [-0.1, -0.05) is 91.9 Å². The van der Waals surface area contributed by atoms with Gasteiger partial charge in [0.05, 0.1) is 52.6 Å². The van der Waals surface area contributed by atoms with Crippen molar-refractivity contribution < 1.29 is 29.0 Å². The Morgan fingerprint density at radius 1 is 0.931 bits per heavy atom. The van der Waals surface area contributed by atoms with E-state index in [-0.39, 0.29) is 54.8 Å². The molecule has 58 heavy (non-hydrogen) atoms. The molecule has 3 heterocycles. The van der Waals surface area contributed by atoms with Crippen LogP contribution in [0.4, 0.5) is 17.1 Å². The zero-order valence-electron chi connectivity index (χ0n) is 33.4. The lowest BCUT2D eigenvalue weighted by Crippen LogP contribution is -2.52. The largest absolute Gasteiger partial charge is 0.497 e. The molecule has 5 atom stereocenters. The van der Waals surface area contributed by atoms with Crippen molar-refractivity contribution in [2.75, 3.05) is 29.7 Å². The normalized spacial score (nSPS) is 22.5. The standard InChI is InChI=1S/C47H50N4O6Si/c1-30-44(58(3,4)39-22-20-38(56-2)21-23-39)42(26-43(53)50-28-34-12-6-5-11-33(34)25-37(50)29-52)57-47(30)40-14-7-8-15-41(40)51(46(47)55)27-31-10-9-13-36(24-31)49-45(54)32-16-18-35(48)19-17-32/h5-24,30,37,42,44,52H,25-29,48H2,1-4H3,(H,49,54)/t30-,37-,42+,44-,47+/m0/s1. The Balaban J connectivity index is 1.13. The molecule has 3 amide bonds. The van der Waals surface area contributed by atoms with Crippen LogP contribution in [0.15, 0.2) is 121 Å². The second-order valence-corrected chi connectivity index (χ2v) is 21.1. The van der Waals surface area contributed by atoms with E-state index in [0.717, 1.165) is 33.7 Å². The number of rotatable bonds is 10. The number of carbonyl (C=O) groups excluding carboxylic acids is 3. The number of aliphatic hydroxyl groups excluding tert-OH is 1. The van der Waals surface area contributed by atoms with Crippen LogP contribution in [0.25, 0.3) is 0 Å². The van der Waals surface area contributed by atoms with E-state index in [1.54, 1.807) is 41.2 Å². The molecule has 4 N–H and O–H groups in total. The van der Waals surface area contributed by atoms with Gasteiger partial charge in [-0.25, -0.2) is 0 Å². The first kappa shape index (κ1) is 39.1. The van der Waals surface area contributed by atoms with Crippen LogP contribution in [0.3, 0.4) is 0 Å². The van der Waals surface area contributed by atoms with Gasteiger partial charge in [0.25, 0.3) is 11.8 Å². The highest BCUT2D eigenvalue weighted by atomic mass is 28.3. The Morgan fingerprint density at radius 2 is 1.64 bits per heavy atom. The summed E-state index contributed by atoms with van der Waals surface area (Å²) < 4.78 is 12.8. The van der Waals surface area contributed by atoms with Crippen molar-refractivity contribution in [3.05, 3.63) is 149 Å². The van der Waals surface area contributed by atoms with Gasteiger partial charge in [0, 0.05) is 35.0 Å². The number of fused-ring (bicyclic) bond motifs is 3. The summed E-state index contributed by atoms with van der Waals surface area (Å²) in [6.45, 7) is 7.24. The van der Waals surface area contributed by atoms with Crippen LogP contribution in [-0.4, -0.2) is 61.7 Å². The number of benzene rings is 5. The average molecular weight is 795 g/mol. The Bertz CT molecular complexity index is 2350. The lowest BCUT2D eigenvalue weighted by Gasteiger charge is -2.39. The van der Waals surface area contributed by atoms with Gasteiger partial charge in [-0.2, -0.15) is 0 Å². The minimum atomic E-state index is -2.52. The van der Waals surface area contributed by atoms with Crippen LogP contribution in [0, 0.1) is 5.92 Å². The number of hydrogen-bond donors (Lipinski definition) is 3. The number of nitrogens with two attached hydrogens (primary N) is 1. The fourth-order valence-electron chi connectivity index (χ4n) is 9.72. The maximum absolute atomic E-state index is 15.3. The number of ether oxygens (including phenoxy) is 2. The van der Waals surface area contributed by atoms with Gasteiger partial charge in [-0.3, -0.25) is 14.4 Å². The van der Waals surface area contributed by atoms with E-state index in [4.69, 9.17) is 15.2 Å². The summed E-state index contributed by atoms with van der Waals surface area (Å²) in [5.74, 6) is -0.0645. The number of nitrogen functional groups attached to an aromatic ring is 1. The number of methoxy groups -OCH3 is 1. The molecule has 0 saturated carbocycles. The van der Waals surface area contributed by atoms with Crippen molar-refractivity contribution in [1.82, 2.24) is 4.90 Å². The van der Waals surface area contributed by atoms with E-state index in [0.29, 0.717) is 29.9 Å². The van der Waals surface area contributed by atoms with Gasteiger partial charge < -0.3 is 35.4 Å². The number of nitrogens with zero attached hydrogens (tertiary/aromatic N) is 2. The van der Waals surface area contributed by atoms with Crippen molar-refractivity contribution >= 4 is 48.0 Å². The molecule has 5 aromatic carbocycles. The molecule has 1 saturated heterocycles. The molecule has 0 unspecified atom stereocenters. The molecule has 5 aromatic rings. The Hall–Kier alpha value is -5.75. The Kier molecular flexibility index (Phi) is 10.5. The van der Waals surface area contributed by atoms with Crippen LogP contribution < -0.4 is 25.9 Å². The van der Waals surface area contributed by atoms with Crippen molar-refractivity contribution in [1.29, 1.82) is 0 Å². The summed E-state index contributed by atoms with van der Waals surface area (Å²) in [7, 11) is -0.871. The van der Waals surface area contributed by atoms with E-state index in [9.17, 15) is 14.7 Å². The lowest BCUT2D eigenvalue weighted by atomic mass is 9.82. The molecule has 0 bridgehead atoms. The summed E-state index contributed by atoms with van der Waals surface area (Å²) in [5.41, 5.74) is 10.6. The molecule has 11 heteroatoms. The number of amides is 3. The fourth-order valence-corrected chi connectivity index (χ4v) is 13.7. The third kappa shape index (κ3) is 6.86. The summed E-state index contributed by atoms with van der Waals surface area (Å²) in [6.07, 6.45) is 0.0757. The summed E-state index contributed by atoms with van der Waals surface area (Å²) in [4.78, 5) is 46.6. The van der Waals surface area contributed by atoms with Gasteiger partial charge in [0.1, 0.15) is 5.75 Å². The van der Waals surface area contributed by atoms with Crippen molar-refractivity contribution in [2.45, 2.75) is 69.2 Å². The van der Waals surface area contributed by atoms with Crippen molar-refractivity contribution in [3.63, 3.8) is 0 Å². The molecule has 3 aliphatic heterocycles. The third-order valence-corrected chi connectivity index (χ3v) is 17.1. The van der Waals surface area contributed by atoms with E-state index < -0.39 is 19.8 Å². The molecular weight excluding hydrogens is 745 g/mol. The quantitative estimate of drug-likeness (QED) is 0.107. The van der Waals surface area contributed by atoms with Crippen LogP contribution in [0.5, 0.6) is 5.75 Å². The maximum atomic E-state index is 15.3. The zero-order chi connectivity index (χ0) is 40.8. The smallest absolute Gasteiger partial charge is 0.264 e. The topological polar surface area (TPSA) is 134 Å². The summed E-state index contributed by atoms with van der Waals surface area (Å²) in [6, 6.07) is 38.0. The first-order chi connectivity index (χ1) is 27.9. The first-order valence-electron chi connectivity index (χ1n) is 19.9. The molecule has 0 radical (unpaired) electrons. The van der Waals surface area contributed by atoms with Crippen molar-refractivity contribution in [2.24, 2.45) is 5.92 Å². The van der Waals surface area contributed by atoms with E-state index in [2.05, 4.69) is 43.5 Å². The Morgan fingerprint density at radius 3 is 2.36 bits per heavy atom. The van der Waals surface area contributed by atoms with E-state index in [1.807, 2.05) is 78.9 Å². The number of carbonyl (C=O) groups is 3.